The van der Waals surface area contributed by atoms with E-state index in [2.05, 4.69) is 10.4 Å². The fourth-order valence-corrected chi connectivity index (χ4v) is 3.10. The first-order chi connectivity index (χ1) is 10.5. The van der Waals surface area contributed by atoms with Crippen molar-refractivity contribution in [3.63, 3.8) is 0 Å². The minimum atomic E-state index is -0.417. The molecular weight excluding hydrogens is 284 g/mol. The molecular formula is C15H24N4O3. The summed E-state index contributed by atoms with van der Waals surface area (Å²) >= 11 is 0. The van der Waals surface area contributed by atoms with Crippen molar-refractivity contribution in [1.29, 1.82) is 0 Å². The Balaban J connectivity index is 1.88. The standard InChI is InChI=1S/C15H24N4O3/c1-11-15(19(21)22)12(2)18(17-11)10-9-14(20)16-13-7-5-3-4-6-8-13/h13H,3-10H2,1-2H3,(H,16,20). The number of rotatable bonds is 5. The van der Waals surface area contributed by atoms with Gasteiger partial charge in [-0.2, -0.15) is 5.10 Å². The predicted octanol–water partition coefficient (Wildman–Crippen LogP) is 2.64. The Morgan fingerprint density at radius 2 is 1.95 bits per heavy atom. The third-order valence-corrected chi connectivity index (χ3v) is 4.30. The number of carbonyl (C=O) groups is 1. The van der Waals surface area contributed by atoms with Crippen LogP contribution in [0.5, 0.6) is 0 Å². The van der Waals surface area contributed by atoms with Crippen molar-refractivity contribution in [3.05, 3.63) is 21.5 Å². The van der Waals surface area contributed by atoms with Gasteiger partial charge in [-0.15, -0.1) is 0 Å². The minimum absolute atomic E-state index is 0.00195. The lowest BCUT2D eigenvalue weighted by atomic mass is 10.1. The molecule has 1 saturated carbocycles. The highest BCUT2D eigenvalue weighted by molar-refractivity contribution is 5.76. The van der Waals surface area contributed by atoms with Gasteiger partial charge in [0.15, 0.2) is 0 Å². The van der Waals surface area contributed by atoms with Gasteiger partial charge in [-0.3, -0.25) is 19.6 Å². The van der Waals surface area contributed by atoms with Crippen molar-refractivity contribution in [1.82, 2.24) is 15.1 Å². The van der Waals surface area contributed by atoms with Gasteiger partial charge in [0, 0.05) is 12.5 Å². The van der Waals surface area contributed by atoms with Gasteiger partial charge in [0.2, 0.25) is 5.91 Å². The lowest BCUT2D eigenvalue weighted by Gasteiger charge is -2.16. The normalized spacial score (nSPS) is 16.3. The number of aryl methyl sites for hydroxylation is 2. The van der Waals surface area contributed by atoms with Crippen LogP contribution in [0, 0.1) is 24.0 Å². The highest BCUT2D eigenvalue weighted by Gasteiger charge is 2.22. The van der Waals surface area contributed by atoms with Gasteiger partial charge in [0.1, 0.15) is 11.4 Å². The number of nitrogens with one attached hydrogen (secondary N) is 1. The zero-order valence-corrected chi connectivity index (χ0v) is 13.3. The Kier molecular flexibility index (Phi) is 5.51. The van der Waals surface area contributed by atoms with E-state index >= 15 is 0 Å². The molecule has 1 fully saturated rings. The first-order valence-corrected chi connectivity index (χ1v) is 7.97. The Morgan fingerprint density at radius 3 is 2.50 bits per heavy atom. The number of carbonyl (C=O) groups excluding carboxylic acids is 1. The molecule has 0 bridgehead atoms. The van der Waals surface area contributed by atoms with Gasteiger partial charge in [-0.25, -0.2) is 0 Å². The van der Waals surface area contributed by atoms with Crippen LogP contribution in [-0.2, 0) is 11.3 Å². The molecule has 0 spiro atoms. The second-order valence-electron chi connectivity index (χ2n) is 6.01. The van der Waals surface area contributed by atoms with Gasteiger partial charge >= 0.3 is 5.69 Å². The molecule has 0 aliphatic heterocycles. The molecule has 1 heterocycles. The van der Waals surface area contributed by atoms with E-state index in [1.807, 2.05) is 0 Å². The number of nitrogens with zero attached hydrogens (tertiary/aromatic N) is 3. The smallest absolute Gasteiger partial charge is 0.312 e. The van der Waals surface area contributed by atoms with Crippen LogP contribution in [0.2, 0.25) is 0 Å². The lowest BCUT2D eigenvalue weighted by Crippen LogP contribution is -2.34. The molecule has 1 aromatic rings. The molecule has 0 unspecified atom stereocenters. The molecule has 0 aromatic carbocycles. The summed E-state index contributed by atoms with van der Waals surface area (Å²) in [6.07, 6.45) is 7.26. The third kappa shape index (κ3) is 4.05. The Hall–Kier alpha value is -1.92. The number of nitro groups is 1. The van der Waals surface area contributed by atoms with Crippen LogP contribution < -0.4 is 5.32 Å². The molecule has 7 nitrogen and oxygen atoms in total. The van der Waals surface area contributed by atoms with E-state index in [4.69, 9.17) is 0 Å². The van der Waals surface area contributed by atoms with Crippen molar-refractivity contribution in [2.75, 3.05) is 0 Å². The minimum Gasteiger partial charge on any atom is -0.353 e. The number of hydrogen-bond acceptors (Lipinski definition) is 4. The van der Waals surface area contributed by atoms with Crippen LogP contribution >= 0.6 is 0 Å². The van der Waals surface area contributed by atoms with Crippen molar-refractivity contribution >= 4 is 11.6 Å². The number of amides is 1. The molecule has 7 heteroatoms. The van der Waals surface area contributed by atoms with Crippen molar-refractivity contribution in [2.45, 2.75) is 71.4 Å². The molecule has 1 aliphatic rings. The largest absolute Gasteiger partial charge is 0.353 e. The van der Waals surface area contributed by atoms with Gasteiger partial charge < -0.3 is 5.32 Å². The Labute approximate surface area is 130 Å². The summed E-state index contributed by atoms with van der Waals surface area (Å²) in [5.74, 6) is 0.00195. The van der Waals surface area contributed by atoms with Gasteiger partial charge in [0.05, 0.1) is 11.5 Å². The second kappa shape index (κ2) is 7.38. The summed E-state index contributed by atoms with van der Waals surface area (Å²) < 4.78 is 1.56. The van der Waals surface area contributed by atoms with Gasteiger partial charge in [0.25, 0.3) is 0 Å². The maximum Gasteiger partial charge on any atom is 0.312 e. The van der Waals surface area contributed by atoms with Crippen LogP contribution in [0.4, 0.5) is 5.69 Å². The molecule has 0 atom stereocenters. The number of hydrogen-bond donors (Lipinski definition) is 1. The van der Waals surface area contributed by atoms with Crippen LogP contribution in [0.25, 0.3) is 0 Å². The summed E-state index contributed by atoms with van der Waals surface area (Å²) in [5.41, 5.74) is 0.945. The van der Waals surface area contributed by atoms with E-state index in [0.29, 0.717) is 24.4 Å². The first-order valence-electron chi connectivity index (χ1n) is 7.97. The second-order valence-corrected chi connectivity index (χ2v) is 6.01. The molecule has 1 N–H and O–H groups in total. The molecule has 1 amide bonds. The quantitative estimate of drug-likeness (QED) is 0.514. The summed E-state index contributed by atoms with van der Waals surface area (Å²) in [4.78, 5) is 22.6. The summed E-state index contributed by atoms with van der Waals surface area (Å²) in [6, 6.07) is 0.282. The molecule has 1 aliphatic carbocycles. The van der Waals surface area contributed by atoms with Crippen LogP contribution in [0.15, 0.2) is 0 Å². The molecule has 1 aromatic heterocycles. The van der Waals surface area contributed by atoms with Crippen molar-refractivity contribution < 1.29 is 9.72 Å². The molecule has 0 saturated heterocycles. The van der Waals surface area contributed by atoms with Crippen LogP contribution in [0.1, 0.15) is 56.3 Å². The van der Waals surface area contributed by atoms with E-state index in [-0.39, 0.29) is 17.6 Å². The fraction of sp³-hybridized carbons (Fsp3) is 0.733. The summed E-state index contributed by atoms with van der Waals surface area (Å²) in [5, 5.41) is 18.2. The van der Waals surface area contributed by atoms with Gasteiger partial charge in [-0.05, 0) is 26.7 Å². The zero-order chi connectivity index (χ0) is 16.1. The average molecular weight is 308 g/mol. The average Bonchev–Trinajstić information content (AvgIpc) is 2.64. The molecule has 0 radical (unpaired) electrons. The van der Waals surface area contributed by atoms with E-state index < -0.39 is 4.92 Å². The van der Waals surface area contributed by atoms with Crippen LogP contribution in [0.3, 0.4) is 0 Å². The third-order valence-electron chi connectivity index (χ3n) is 4.30. The Morgan fingerprint density at radius 1 is 1.32 bits per heavy atom. The van der Waals surface area contributed by atoms with E-state index in [9.17, 15) is 14.9 Å². The molecule has 122 valence electrons. The molecule has 22 heavy (non-hydrogen) atoms. The topological polar surface area (TPSA) is 90.1 Å². The van der Waals surface area contributed by atoms with E-state index in [1.54, 1.807) is 18.5 Å². The maximum absolute atomic E-state index is 12.0. The van der Waals surface area contributed by atoms with Gasteiger partial charge in [-0.1, -0.05) is 25.7 Å². The Bertz CT molecular complexity index is 545. The molecule has 2 rings (SSSR count). The fourth-order valence-electron chi connectivity index (χ4n) is 3.10. The van der Waals surface area contributed by atoms with E-state index in [0.717, 1.165) is 12.8 Å². The highest BCUT2D eigenvalue weighted by atomic mass is 16.6. The zero-order valence-electron chi connectivity index (χ0n) is 13.3. The van der Waals surface area contributed by atoms with E-state index in [1.165, 1.54) is 25.7 Å². The first kappa shape index (κ1) is 16.5. The number of aromatic nitrogens is 2. The van der Waals surface area contributed by atoms with Crippen molar-refractivity contribution in [3.8, 4) is 0 Å². The van der Waals surface area contributed by atoms with Crippen LogP contribution in [-0.4, -0.2) is 26.7 Å². The summed E-state index contributed by atoms with van der Waals surface area (Å²) in [7, 11) is 0. The lowest BCUT2D eigenvalue weighted by molar-refractivity contribution is -0.386. The summed E-state index contributed by atoms with van der Waals surface area (Å²) in [6.45, 7) is 3.66. The highest BCUT2D eigenvalue weighted by Crippen LogP contribution is 2.22. The maximum atomic E-state index is 12.0. The monoisotopic (exact) mass is 308 g/mol. The SMILES string of the molecule is Cc1nn(CCC(=O)NC2CCCCCC2)c(C)c1[N+](=O)[O-]. The van der Waals surface area contributed by atoms with Crippen molar-refractivity contribution in [2.24, 2.45) is 0 Å². The predicted molar refractivity (Wildman–Crippen MR) is 82.6 cm³/mol.